The zero-order chi connectivity index (χ0) is 15.5. The number of hydrogen-bond donors (Lipinski definition) is 1. The van der Waals surface area contributed by atoms with E-state index < -0.39 is 15.9 Å². The van der Waals surface area contributed by atoms with Gasteiger partial charge in [-0.05, 0) is 19.1 Å². The molecule has 7 nitrogen and oxygen atoms in total. The van der Waals surface area contributed by atoms with E-state index in [0.717, 1.165) is 0 Å². The number of rotatable bonds is 5. The summed E-state index contributed by atoms with van der Waals surface area (Å²) in [6, 6.07) is 2.62. The van der Waals surface area contributed by atoms with Gasteiger partial charge in [-0.15, -0.1) is 0 Å². The highest BCUT2D eigenvalue weighted by Crippen LogP contribution is 2.35. The first kappa shape index (κ1) is 16.3. The summed E-state index contributed by atoms with van der Waals surface area (Å²) < 4.78 is 33.3. The van der Waals surface area contributed by atoms with Gasteiger partial charge < -0.3 is 14.4 Å². The van der Waals surface area contributed by atoms with Crippen molar-refractivity contribution in [3.8, 4) is 11.5 Å². The van der Waals surface area contributed by atoms with Crippen molar-refractivity contribution >= 4 is 15.9 Å². The van der Waals surface area contributed by atoms with Gasteiger partial charge in [0.25, 0.3) is 5.91 Å². The minimum absolute atomic E-state index is 0.0332. The van der Waals surface area contributed by atoms with Crippen LogP contribution in [0, 0.1) is 0 Å². The van der Waals surface area contributed by atoms with Crippen LogP contribution in [0.25, 0.3) is 0 Å². The predicted octanol–water partition coefficient (Wildman–Crippen LogP) is 0.443. The van der Waals surface area contributed by atoms with Crippen molar-refractivity contribution in [2.24, 2.45) is 5.14 Å². The molecule has 0 fully saturated rings. The van der Waals surface area contributed by atoms with Gasteiger partial charge in [-0.2, -0.15) is 0 Å². The lowest BCUT2D eigenvalue weighted by Gasteiger charge is -2.20. The van der Waals surface area contributed by atoms with Gasteiger partial charge >= 0.3 is 0 Å². The molecular weight excluding hydrogens is 284 g/mol. The average Bonchev–Trinajstić information content (AvgIpc) is 2.42. The van der Waals surface area contributed by atoms with E-state index in [1.165, 1.54) is 31.3 Å². The van der Waals surface area contributed by atoms with Crippen LogP contribution in [0.5, 0.6) is 11.5 Å². The summed E-state index contributed by atoms with van der Waals surface area (Å²) in [6.45, 7) is 2.24. The van der Waals surface area contributed by atoms with Gasteiger partial charge in [-0.3, -0.25) is 4.79 Å². The Kier molecular flexibility index (Phi) is 4.96. The number of methoxy groups -OCH3 is 2. The van der Waals surface area contributed by atoms with E-state index in [2.05, 4.69) is 0 Å². The number of hydrogen-bond acceptors (Lipinski definition) is 5. The molecule has 112 valence electrons. The molecule has 0 aliphatic rings. The van der Waals surface area contributed by atoms with E-state index >= 15 is 0 Å². The molecule has 0 saturated heterocycles. The van der Waals surface area contributed by atoms with Crippen LogP contribution in [-0.2, 0) is 10.0 Å². The second-order valence-electron chi connectivity index (χ2n) is 4.04. The number of amides is 1. The molecule has 0 aliphatic heterocycles. The summed E-state index contributed by atoms with van der Waals surface area (Å²) in [7, 11) is 0.231. The minimum Gasteiger partial charge on any atom is -0.496 e. The number of sulfonamides is 1. The maximum absolute atomic E-state index is 12.3. The molecule has 0 bridgehead atoms. The van der Waals surface area contributed by atoms with Crippen molar-refractivity contribution in [1.29, 1.82) is 0 Å². The quantitative estimate of drug-likeness (QED) is 0.851. The number of primary sulfonamides is 1. The second-order valence-corrected chi connectivity index (χ2v) is 5.57. The van der Waals surface area contributed by atoms with E-state index in [9.17, 15) is 13.2 Å². The van der Waals surface area contributed by atoms with Crippen molar-refractivity contribution in [1.82, 2.24) is 4.90 Å². The van der Waals surface area contributed by atoms with Crippen LogP contribution in [0.15, 0.2) is 17.0 Å². The first-order valence-corrected chi connectivity index (χ1v) is 7.35. The molecule has 20 heavy (non-hydrogen) atoms. The standard InChI is InChI=1S/C12H18N2O5S/c1-5-14(2)12(15)10-8(18-3)6-7-9(11(10)19-4)20(13,16)17/h6-7H,5H2,1-4H3,(H2,13,16,17). The van der Waals surface area contributed by atoms with Crippen LogP contribution >= 0.6 is 0 Å². The summed E-state index contributed by atoms with van der Waals surface area (Å²) in [5.74, 6) is -0.302. The molecule has 0 radical (unpaired) electrons. The Morgan fingerprint density at radius 2 is 1.90 bits per heavy atom. The number of carbonyl (C=O) groups excluding carboxylic acids is 1. The lowest BCUT2D eigenvalue weighted by Crippen LogP contribution is -2.28. The molecule has 1 aromatic rings. The molecule has 0 heterocycles. The maximum atomic E-state index is 12.3. The first-order chi connectivity index (χ1) is 9.27. The fraction of sp³-hybridized carbons (Fsp3) is 0.417. The van der Waals surface area contributed by atoms with Crippen molar-refractivity contribution in [2.45, 2.75) is 11.8 Å². The Morgan fingerprint density at radius 1 is 1.30 bits per heavy atom. The van der Waals surface area contributed by atoms with Crippen LogP contribution < -0.4 is 14.6 Å². The van der Waals surface area contributed by atoms with Gasteiger partial charge in [0.15, 0.2) is 5.75 Å². The maximum Gasteiger partial charge on any atom is 0.261 e. The molecule has 0 aromatic heterocycles. The van der Waals surface area contributed by atoms with E-state index in [1.54, 1.807) is 14.0 Å². The normalized spacial score (nSPS) is 11.1. The molecule has 0 saturated carbocycles. The smallest absolute Gasteiger partial charge is 0.261 e. The van der Waals surface area contributed by atoms with Crippen LogP contribution in [0.3, 0.4) is 0 Å². The van der Waals surface area contributed by atoms with Crippen LogP contribution in [0.1, 0.15) is 17.3 Å². The first-order valence-electron chi connectivity index (χ1n) is 5.81. The Morgan fingerprint density at radius 3 is 2.30 bits per heavy atom. The Bertz CT molecular complexity index is 613. The summed E-state index contributed by atoms with van der Waals surface area (Å²) in [6.07, 6.45) is 0. The Hall–Kier alpha value is -1.80. The molecule has 1 aromatic carbocycles. The lowest BCUT2D eigenvalue weighted by molar-refractivity contribution is 0.0795. The fourth-order valence-electron chi connectivity index (χ4n) is 1.68. The second kappa shape index (κ2) is 6.10. The lowest BCUT2D eigenvalue weighted by atomic mass is 10.1. The third kappa shape index (κ3) is 3.02. The third-order valence-electron chi connectivity index (χ3n) is 2.85. The number of nitrogens with zero attached hydrogens (tertiary/aromatic N) is 1. The summed E-state index contributed by atoms with van der Waals surface area (Å²) in [5.41, 5.74) is 0.0332. The van der Waals surface area contributed by atoms with Crippen molar-refractivity contribution in [3.05, 3.63) is 17.7 Å². The van der Waals surface area contributed by atoms with Gasteiger partial charge in [-0.25, -0.2) is 13.6 Å². The van der Waals surface area contributed by atoms with Crippen molar-refractivity contribution in [2.75, 3.05) is 27.8 Å². The monoisotopic (exact) mass is 302 g/mol. The van der Waals surface area contributed by atoms with Crippen molar-refractivity contribution in [3.63, 3.8) is 0 Å². The number of carbonyl (C=O) groups is 1. The molecule has 8 heteroatoms. The van der Waals surface area contributed by atoms with Gasteiger partial charge in [0.2, 0.25) is 10.0 Å². The number of benzene rings is 1. The number of ether oxygens (including phenoxy) is 2. The van der Waals surface area contributed by atoms with Gasteiger partial charge in [-0.1, -0.05) is 0 Å². The molecule has 0 atom stereocenters. The predicted molar refractivity (Wildman–Crippen MR) is 73.6 cm³/mol. The van der Waals surface area contributed by atoms with E-state index in [0.29, 0.717) is 6.54 Å². The van der Waals surface area contributed by atoms with Gasteiger partial charge in [0.05, 0.1) is 14.2 Å². The summed E-state index contributed by atoms with van der Waals surface area (Å²) in [5, 5.41) is 5.13. The topological polar surface area (TPSA) is 98.9 Å². The zero-order valence-electron chi connectivity index (χ0n) is 11.8. The Balaban J connectivity index is 3.65. The molecule has 0 unspecified atom stereocenters. The van der Waals surface area contributed by atoms with Crippen LogP contribution in [-0.4, -0.2) is 47.0 Å². The third-order valence-corrected chi connectivity index (χ3v) is 3.78. The molecule has 1 rings (SSSR count). The fourth-order valence-corrected chi connectivity index (χ4v) is 2.38. The molecule has 2 N–H and O–H groups in total. The van der Waals surface area contributed by atoms with E-state index in [4.69, 9.17) is 14.6 Å². The molecule has 1 amide bonds. The van der Waals surface area contributed by atoms with Gasteiger partial charge in [0.1, 0.15) is 16.2 Å². The average molecular weight is 302 g/mol. The largest absolute Gasteiger partial charge is 0.496 e. The number of nitrogens with two attached hydrogens (primary N) is 1. The Labute approximate surface area is 118 Å². The summed E-state index contributed by atoms with van der Waals surface area (Å²) in [4.78, 5) is 13.5. The van der Waals surface area contributed by atoms with Crippen LogP contribution in [0.4, 0.5) is 0 Å². The van der Waals surface area contributed by atoms with Crippen molar-refractivity contribution < 1.29 is 22.7 Å². The molecular formula is C12H18N2O5S. The highest BCUT2D eigenvalue weighted by Gasteiger charge is 2.27. The zero-order valence-corrected chi connectivity index (χ0v) is 12.7. The molecule has 0 spiro atoms. The SMILES string of the molecule is CCN(C)C(=O)c1c(OC)ccc(S(N)(=O)=O)c1OC. The van der Waals surface area contributed by atoms with Gasteiger partial charge in [0, 0.05) is 13.6 Å². The highest BCUT2D eigenvalue weighted by molar-refractivity contribution is 7.89. The van der Waals surface area contributed by atoms with E-state index in [-0.39, 0.29) is 22.0 Å². The highest BCUT2D eigenvalue weighted by atomic mass is 32.2. The molecule has 0 aliphatic carbocycles. The summed E-state index contributed by atoms with van der Waals surface area (Å²) >= 11 is 0. The minimum atomic E-state index is -4.01. The van der Waals surface area contributed by atoms with E-state index in [1.807, 2.05) is 0 Å². The van der Waals surface area contributed by atoms with Crippen LogP contribution in [0.2, 0.25) is 0 Å².